The van der Waals surface area contributed by atoms with Gasteiger partial charge < -0.3 is 4.57 Å². The van der Waals surface area contributed by atoms with Gasteiger partial charge in [-0.25, -0.2) is 4.98 Å². The average Bonchev–Trinajstić information content (AvgIpc) is 2.46. The Hall–Kier alpha value is -0.730. The molecule has 14 heavy (non-hydrogen) atoms. The molecule has 0 aliphatic heterocycles. The van der Waals surface area contributed by atoms with Gasteiger partial charge in [0, 0.05) is 12.9 Å². The fraction of sp³-hybridized carbons (Fsp3) is 0.300. The lowest BCUT2D eigenvalue weighted by atomic mass is 10.2. The van der Waals surface area contributed by atoms with Gasteiger partial charge >= 0.3 is 0 Å². The first kappa shape index (κ1) is 9.81. The molecule has 0 unspecified atom stereocenters. The van der Waals surface area contributed by atoms with E-state index in [9.17, 15) is 0 Å². The molecular formula is C10H10Cl2N2. The predicted octanol–water partition coefficient (Wildman–Crippen LogP) is 3.27. The molecule has 2 aromatic rings. The van der Waals surface area contributed by atoms with Gasteiger partial charge in [0.1, 0.15) is 11.3 Å². The summed E-state index contributed by atoms with van der Waals surface area (Å²) in [4.78, 5) is 4.39. The lowest BCUT2D eigenvalue weighted by Crippen LogP contribution is -1.90. The Balaban J connectivity index is 2.83. The van der Waals surface area contributed by atoms with Crippen molar-refractivity contribution < 1.29 is 0 Å². The molecule has 1 heterocycles. The second-order valence-corrected chi connectivity index (χ2v) is 3.90. The van der Waals surface area contributed by atoms with E-state index in [2.05, 4.69) is 4.98 Å². The molecule has 0 aliphatic carbocycles. The smallest absolute Gasteiger partial charge is 0.108 e. The van der Waals surface area contributed by atoms with Crippen molar-refractivity contribution in [2.45, 2.75) is 12.8 Å². The molecule has 0 fully saturated rings. The Kier molecular flexibility index (Phi) is 2.41. The van der Waals surface area contributed by atoms with Gasteiger partial charge in [0.2, 0.25) is 0 Å². The molecule has 0 N–H and O–H groups in total. The van der Waals surface area contributed by atoms with Gasteiger partial charge in [-0.3, -0.25) is 0 Å². The van der Waals surface area contributed by atoms with Gasteiger partial charge in [-0.05, 0) is 18.6 Å². The highest BCUT2D eigenvalue weighted by Gasteiger charge is 2.10. The maximum atomic E-state index is 6.17. The highest BCUT2D eigenvalue weighted by atomic mass is 35.5. The Bertz CT molecular complexity index is 488. The molecule has 1 aromatic carbocycles. The van der Waals surface area contributed by atoms with Crippen molar-refractivity contribution in [3.8, 4) is 0 Å². The Labute approximate surface area is 92.5 Å². The van der Waals surface area contributed by atoms with Gasteiger partial charge in [0.15, 0.2) is 0 Å². The van der Waals surface area contributed by atoms with Crippen molar-refractivity contribution in [2.24, 2.45) is 7.05 Å². The van der Waals surface area contributed by atoms with Gasteiger partial charge in [0.25, 0.3) is 0 Å². The number of halogens is 2. The van der Waals surface area contributed by atoms with E-state index in [4.69, 9.17) is 23.2 Å². The lowest BCUT2D eigenvalue weighted by molar-refractivity contribution is 0.886. The van der Waals surface area contributed by atoms with E-state index < -0.39 is 0 Å². The zero-order valence-corrected chi connectivity index (χ0v) is 9.52. The van der Waals surface area contributed by atoms with Crippen LogP contribution in [0.5, 0.6) is 0 Å². The van der Waals surface area contributed by atoms with Crippen LogP contribution >= 0.6 is 23.2 Å². The Morgan fingerprint density at radius 1 is 1.43 bits per heavy atom. The fourth-order valence-electron chi connectivity index (χ4n) is 1.49. The monoisotopic (exact) mass is 228 g/mol. The van der Waals surface area contributed by atoms with Crippen LogP contribution in [0.1, 0.15) is 11.4 Å². The van der Waals surface area contributed by atoms with Crippen LogP contribution < -0.4 is 0 Å². The number of aryl methyl sites for hydroxylation is 2. The van der Waals surface area contributed by atoms with E-state index in [0.29, 0.717) is 10.9 Å². The number of hydrogen-bond donors (Lipinski definition) is 0. The molecule has 0 saturated heterocycles. The minimum atomic E-state index is 0.421. The Morgan fingerprint density at radius 2 is 2.14 bits per heavy atom. The number of aromatic nitrogens is 2. The van der Waals surface area contributed by atoms with Crippen LogP contribution in [0.15, 0.2) is 12.1 Å². The zero-order valence-electron chi connectivity index (χ0n) is 8.01. The molecule has 1 aromatic heterocycles. The summed E-state index contributed by atoms with van der Waals surface area (Å²) in [5.41, 5.74) is 2.81. The third-order valence-corrected chi connectivity index (χ3v) is 3.15. The summed E-state index contributed by atoms with van der Waals surface area (Å²) < 4.78 is 2.01. The zero-order chi connectivity index (χ0) is 10.3. The normalized spacial score (nSPS) is 11.1. The predicted molar refractivity (Wildman–Crippen MR) is 60.0 cm³/mol. The van der Waals surface area contributed by atoms with Crippen molar-refractivity contribution in [3.05, 3.63) is 28.5 Å². The van der Waals surface area contributed by atoms with Crippen LogP contribution in [-0.2, 0) is 12.9 Å². The van der Waals surface area contributed by atoms with Crippen LogP contribution in [0.2, 0.25) is 5.02 Å². The molecule has 0 spiro atoms. The summed E-state index contributed by atoms with van der Waals surface area (Å²) in [7, 11) is 1.97. The third kappa shape index (κ3) is 1.30. The largest absolute Gasteiger partial charge is 0.331 e. The summed E-state index contributed by atoms with van der Waals surface area (Å²) >= 11 is 11.9. The molecular weight excluding hydrogens is 219 g/mol. The number of hydrogen-bond acceptors (Lipinski definition) is 1. The van der Waals surface area contributed by atoms with Gasteiger partial charge in [-0.2, -0.15) is 0 Å². The van der Waals surface area contributed by atoms with Crippen molar-refractivity contribution in [1.82, 2.24) is 9.55 Å². The Morgan fingerprint density at radius 3 is 2.79 bits per heavy atom. The second kappa shape index (κ2) is 3.44. The topological polar surface area (TPSA) is 17.8 Å². The van der Waals surface area contributed by atoms with Crippen molar-refractivity contribution in [1.29, 1.82) is 0 Å². The highest BCUT2D eigenvalue weighted by molar-refractivity contribution is 6.36. The van der Waals surface area contributed by atoms with E-state index in [1.807, 2.05) is 30.7 Å². The minimum Gasteiger partial charge on any atom is -0.331 e. The van der Waals surface area contributed by atoms with Gasteiger partial charge in [0.05, 0.1) is 10.5 Å². The van der Waals surface area contributed by atoms with E-state index in [-0.39, 0.29) is 0 Å². The number of fused-ring (bicyclic) bond motifs is 1. The third-order valence-electron chi connectivity index (χ3n) is 2.44. The first-order valence-electron chi connectivity index (χ1n) is 4.31. The van der Waals surface area contributed by atoms with Crippen LogP contribution in [0.25, 0.3) is 11.0 Å². The molecule has 0 atom stereocenters. The van der Waals surface area contributed by atoms with E-state index in [0.717, 1.165) is 22.4 Å². The molecule has 0 radical (unpaired) electrons. The quantitative estimate of drug-likeness (QED) is 0.686. The summed E-state index contributed by atoms with van der Waals surface area (Å²) in [5, 5.41) is 0.668. The lowest BCUT2D eigenvalue weighted by Gasteiger charge is -2.01. The second-order valence-electron chi connectivity index (χ2n) is 3.26. The van der Waals surface area contributed by atoms with Crippen molar-refractivity contribution >= 4 is 34.2 Å². The van der Waals surface area contributed by atoms with E-state index in [1.165, 1.54) is 0 Å². The summed E-state index contributed by atoms with van der Waals surface area (Å²) in [5.74, 6) is 1.37. The first-order valence-corrected chi connectivity index (χ1v) is 5.22. The van der Waals surface area contributed by atoms with E-state index in [1.54, 1.807) is 0 Å². The number of imidazole rings is 1. The van der Waals surface area contributed by atoms with Crippen LogP contribution in [0.4, 0.5) is 0 Å². The standard InChI is InChI=1S/C10H10Cl2N2/c1-6-13-10-8(14(6)2)4-3-7(5-11)9(10)12/h3-4H,5H2,1-2H3. The van der Waals surface area contributed by atoms with E-state index >= 15 is 0 Å². The first-order chi connectivity index (χ1) is 6.65. The molecule has 0 amide bonds. The van der Waals surface area contributed by atoms with Crippen LogP contribution in [0, 0.1) is 6.92 Å². The van der Waals surface area contributed by atoms with Gasteiger partial charge in [-0.15, -0.1) is 11.6 Å². The van der Waals surface area contributed by atoms with Crippen LogP contribution in [-0.4, -0.2) is 9.55 Å². The maximum Gasteiger partial charge on any atom is 0.108 e. The summed E-state index contributed by atoms with van der Waals surface area (Å²) in [6, 6.07) is 3.94. The number of nitrogens with zero attached hydrogens (tertiary/aromatic N) is 2. The average molecular weight is 229 g/mol. The maximum absolute atomic E-state index is 6.17. The van der Waals surface area contributed by atoms with Crippen molar-refractivity contribution in [3.63, 3.8) is 0 Å². The molecule has 2 nitrogen and oxygen atoms in total. The van der Waals surface area contributed by atoms with Crippen LogP contribution in [0.3, 0.4) is 0 Å². The summed E-state index contributed by atoms with van der Waals surface area (Å²) in [6.45, 7) is 1.96. The molecule has 0 saturated carbocycles. The fourth-order valence-corrected chi connectivity index (χ4v) is 2.05. The molecule has 2 rings (SSSR count). The molecule has 4 heteroatoms. The number of alkyl halides is 1. The number of rotatable bonds is 1. The highest BCUT2D eigenvalue weighted by Crippen LogP contribution is 2.27. The SMILES string of the molecule is Cc1nc2c(Cl)c(CCl)ccc2n1C. The molecule has 0 aliphatic rings. The molecule has 0 bridgehead atoms. The van der Waals surface area contributed by atoms with Gasteiger partial charge in [-0.1, -0.05) is 17.7 Å². The minimum absolute atomic E-state index is 0.421. The van der Waals surface area contributed by atoms with Crippen molar-refractivity contribution in [2.75, 3.05) is 0 Å². The summed E-state index contributed by atoms with van der Waals surface area (Å²) in [6.07, 6.45) is 0. The molecule has 74 valence electrons. The number of benzene rings is 1.